The summed E-state index contributed by atoms with van der Waals surface area (Å²) in [7, 11) is 3.81. The Kier molecular flexibility index (Phi) is 3.62. The van der Waals surface area contributed by atoms with Crippen molar-refractivity contribution in [3.8, 4) is 0 Å². The first-order valence-electron chi connectivity index (χ1n) is 5.79. The SMILES string of the molecule is CN(c1ccc(F)cc1)C(CN)c1cnn(C)c1. The molecule has 18 heavy (non-hydrogen) atoms. The van der Waals surface area contributed by atoms with Crippen molar-refractivity contribution in [2.45, 2.75) is 6.04 Å². The molecule has 1 unspecified atom stereocenters. The lowest BCUT2D eigenvalue weighted by atomic mass is 10.1. The Bertz CT molecular complexity index is 506. The molecule has 1 atom stereocenters. The van der Waals surface area contributed by atoms with Crippen molar-refractivity contribution in [1.29, 1.82) is 0 Å². The average molecular weight is 248 g/mol. The van der Waals surface area contributed by atoms with Gasteiger partial charge in [0.15, 0.2) is 0 Å². The van der Waals surface area contributed by atoms with Crippen LogP contribution in [0, 0.1) is 5.82 Å². The fourth-order valence-corrected chi connectivity index (χ4v) is 1.99. The van der Waals surface area contributed by atoms with Gasteiger partial charge < -0.3 is 10.6 Å². The lowest BCUT2D eigenvalue weighted by Crippen LogP contribution is -2.30. The number of rotatable bonds is 4. The van der Waals surface area contributed by atoms with Crippen LogP contribution in [0.3, 0.4) is 0 Å². The second kappa shape index (κ2) is 5.18. The summed E-state index contributed by atoms with van der Waals surface area (Å²) in [4.78, 5) is 2.02. The number of anilines is 1. The molecular weight excluding hydrogens is 231 g/mol. The van der Waals surface area contributed by atoms with Crippen LogP contribution < -0.4 is 10.6 Å². The molecule has 96 valence electrons. The normalized spacial score (nSPS) is 12.4. The van der Waals surface area contributed by atoms with Crippen LogP contribution in [0.15, 0.2) is 36.7 Å². The van der Waals surface area contributed by atoms with Crippen molar-refractivity contribution in [3.63, 3.8) is 0 Å². The van der Waals surface area contributed by atoms with Crippen molar-refractivity contribution in [2.75, 3.05) is 18.5 Å². The molecule has 0 aliphatic heterocycles. The van der Waals surface area contributed by atoms with E-state index in [-0.39, 0.29) is 11.9 Å². The van der Waals surface area contributed by atoms with Crippen LogP contribution in [0.2, 0.25) is 0 Å². The third-order valence-corrected chi connectivity index (χ3v) is 3.03. The highest BCUT2D eigenvalue weighted by atomic mass is 19.1. The minimum Gasteiger partial charge on any atom is -0.366 e. The average Bonchev–Trinajstić information content (AvgIpc) is 2.77. The zero-order chi connectivity index (χ0) is 13.1. The van der Waals surface area contributed by atoms with Gasteiger partial charge in [-0.3, -0.25) is 4.68 Å². The van der Waals surface area contributed by atoms with Gasteiger partial charge in [0.05, 0.1) is 12.2 Å². The quantitative estimate of drug-likeness (QED) is 0.895. The van der Waals surface area contributed by atoms with E-state index >= 15 is 0 Å². The van der Waals surface area contributed by atoms with Crippen LogP contribution in [0.4, 0.5) is 10.1 Å². The van der Waals surface area contributed by atoms with Crippen molar-refractivity contribution in [3.05, 3.63) is 48.0 Å². The van der Waals surface area contributed by atoms with E-state index in [9.17, 15) is 4.39 Å². The van der Waals surface area contributed by atoms with E-state index in [1.165, 1.54) is 12.1 Å². The minimum absolute atomic E-state index is 0.0316. The largest absolute Gasteiger partial charge is 0.366 e. The van der Waals surface area contributed by atoms with E-state index in [1.54, 1.807) is 23.0 Å². The fourth-order valence-electron chi connectivity index (χ4n) is 1.99. The summed E-state index contributed by atoms with van der Waals surface area (Å²) in [6.07, 6.45) is 3.75. The predicted octanol–water partition coefficient (Wildman–Crippen LogP) is 1.70. The van der Waals surface area contributed by atoms with Gasteiger partial charge in [0, 0.05) is 38.1 Å². The summed E-state index contributed by atoms with van der Waals surface area (Å²) in [6.45, 7) is 0.472. The second-order valence-corrected chi connectivity index (χ2v) is 4.29. The number of aromatic nitrogens is 2. The van der Waals surface area contributed by atoms with Gasteiger partial charge in [-0.2, -0.15) is 5.10 Å². The molecule has 4 nitrogen and oxygen atoms in total. The first-order valence-corrected chi connectivity index (χ1v) is 5.79. The molecule has 0 saturated carbocycles. The van der Waals surface area contributed by atoms with Crippen molar-refractivity contribution < 1.29 is 4.39 Å². The fraction of sp³-hybridized carbons (Fsp3) is 0.308. The number of hydrogen-bond acceptors (Lipinski definition) is 3. The summed E-state index contributed by atoms with van der Waals surface area (Å²) in [5.41, 5.74) is 7.80. The van der Waals surface area contributed by atoms with Gasteiger partial charge in [-0.25, -0.2) is 4.39 Å². The number of nitrogens with two attached hydrogens (primary N) is 1. The number of hydrogen-bond donors (Lipinski definition) is 1. The zero-order valence-corrected chi connectivity index (χ0v) is 10.5. The Morgan fingerprint density at radius 3 is 2.56 bits per heavy atom. The standard InChI is InChI=1S/C13H17FN4/c1-17-9-10(8-16-17)13(7-15)18(2)12-5-3-11(14)4-6-12/h3-6,8-9,13H,7,15H2,1-2H3. The Morgan fingerprint density at radius 1 is 1.39 bits per heavy atom. The lowest BCUT2D eigenvalue weighted by molar-refractivity contribution is 0.626. The van der Waals surface area contributed by atoms with Crippen LogP contribution in [0.25, 0.3) is 0 Å². The van der Waals surface area contributed by atoms with Gasteiger partial charge in [0.25, 0.3) is 0 Å². The molecular formula is C13H17FN4. The first kappa shape index (κ1) is 12.6. The first-order chi connectivity index (χ1) is 8.61. The molecule has 0 saturated heterocycles. The monoisotopic (exact) mass is 248 g/mol. The summed E-state index contributed by atoms with van der Waals surface area (Å²) in [5, 5.41) is 4.15. The second-order valence-electron chi connectivity index (χ2n) is 4.29. The highest BCUT2D eigenvalue weighted by molar-refractivity contribution is 5.47. The third kappa shape index (κ3) is 2.51. The van der Waals surface area contributed by atoms with Gasteiger partial charge >= 0.3 is 0 Å². The molecule has 1 aromatic heterocycles. The van der Waals surface area contributed by atoms with Crippen LogP contribution in [-0.2, 0) is 7.05 Å². The third-order valence-electron chi connectivity index (χ3n) is 3.03. The van der Waals surface area contributed by atoms with Crippen molar-refractivity contribution >= 4 is 5.69 Å². The van der Waals surface area contributed by atoms with Gasteiger partial charge in [0.2, 0.25) is 0 Å². The van der Waals surface area contributed by atoms with E-state index in [2.05, 4.69) is 5.10 Å². The maximum atomic E-state index is 12.9. The predicted molar refractivity (Wildman–Crippen MR) is 69.8 cm³/mol. The molecule has 0 fully saturated rings. The number of halogens is 1. The van der Waals surface area contributed by atoms with E-state index in [1.807, 2.05) is 25.2 Å². The molecule has 2 N–H and O–H groups in total. The molecule has 1 aromatic carbocycles. The molecule has 0 bridgehead atoms. The summed E-state index contributed by atoms with van der Waals surface area (Å²) >= 11 is 0. The van der Waals surface area contributed by atoms with Crippen LogP contribution in [0.5, 0.6) is 0 Å². The maximum absolute atomic E-state index is 12.9. The molecule has 1 heterocycles. The molecule has 5 heteroatoms. The number of aryl methyl sites for hydroxylation is 1. The summed E-state index contributed by atoms with van der Waals surface area (Å²) < 4.78 is 14.6. The highest BCUT2D eigenvalue weighted by Crippen LogP contribution is 2.24. The Labute approximate surface area is 106 Å². The Morgan fingerprint density at radius 2 is 2.06 bits per heavy atom. The Balaban J connectivity index is 2.25. The zero-order valence-electron chi connectivity index (χ0n) is 10.5. The smallest absolute Gasteiger partial charge is 0.123 e. The summed E-state index contributed by atoms with van der Waals surface area (Å²) in [6, 6.07) is 6.41. The van der Waals surface area contributed by atoms with E-state index in [0.29, 0.717) is 6.54 Å². The van der Waals surface area contributed by atoms with Crippen molar-refractivity contribution in [2.24, 2.45) is 12.8 Å². The topological polar surface area (TPSA) is 47.1 Å². The number of nitrogens with zero attached hydrogens (tertiary/aromatic N) is 3. The van der Waals surface area contributed by atoms with E-state index in [4.69, 9.17) is 5.73 Å². The lowest BCUT2D eigenvalue weighted by Gasteiger charge is -2.28. The van der Waals surface area contributed by atoms with Gasteiger partial charge in [-0.1, -0.05) is 0 Å². The minimum atomic E-state index is -0.238. The van der Waals surface area contributed by atoms with E-state index in [0.717, 1.165) is 11.3 Å². The van der Waals surface area contributed by atoms with Crippen LogP contribution in [0.1, 0.15) is 11.6 Å². The Hall–Kier alpha value is -1.88. The van der Waals surface area contributed by atoms with Crippen molar-refractivity contribution in [1.82, 2.24) is 9.78 Å². The molecule has 0 spiro atoms. The molecule has 0 radical (unpaired) electrons. The molecule has 2 rings (SSSR count). The summed E-state index contributed by atoms with van der Waals surface area (Å²) in [5.74, 6) is -0.238. The molecule has 0 aliphatic rings. The van der Waals surface area contributed by atoms with Gasteiger partial charge in [0.1, 0.15) is 5.82 Å². The highest BCUT2D eigenvalue weighted by Gasteiger charge is 2.17. The van der Waals surface area contributed by atoms with Crippen LogP contribution in [-0.4, -0.2) is 23.4 Å². The van der Waals surface area contributed by atoms with Gasteiger partial charge in [-0.15, -0.1) is 0 Å². The number of likely N-dealkylation sites (N-methyl/N-ethyl adjacent to an activating group) is 1. The molecule has 2 aromatic rings. The maximum Gasteiger partial charge on any atom is 0.123 e. The van der Waals surface area contributed by atoms with Crippen LogP contribution >= 0.6 is 0 Å². The number of benzene rings is 1. The van der Waals surface area contributed by atoms with Gasteiger partial charge in [-0.05, 0) is 24.3 Å². The molecule has 0 amide bonds. The molecule has 0 aliphatic carbocycles. The van der Waals surface area contributed by atoms with E-state index < -0.39 is 0 Å².